The number of carbonyl (C=O) groups excluding carboxylic acids is 1. The predicted octanol–water partition coefficient (Wildman–Crippen LogP) is 3.81. The summed E-state index contributed by atoms with van der Waals surface area (Å²) in [6, 6.07) is 4.83. The average Bonchev–Trinajstić information content (AvgIpc) is 2.55. The van der Waals surface area contributed by atoms with Crippen molar-refractivity contribution in [3.05, 3.63) is 29.6 Å². The van der Waals surface area contributed by atoms with Crippen molar-refractivity contribution in [2.75, 3.05) is 20.2 Å². The maximum atomic E-state index is 13.9. The quantitative estimate of drug-likeness (QED) is 0.287. The number of guanidine groups is 1. The summed E-state index contributed by atoms with van der Waals surface area (Å²) >= 11 is 0. The first-order valence-electron chi connectivity index (χ1n) is 9.32. The van der Waals surface area contributed by atoms with Crippen LogP contribution in [0, 0.1) is 5.82 Å². The third kappa shape index (κ3) is 11.1. The number of halogens is 2. The zero-order valence-corrected chi connectivity index (χ0v) is 20.6. The molecule has 0 aliphatic rings. The zero-order valence-electron chi connectivity index (χ0n) is 18.3. The van der Waals surface area contributed by atoms with Gasteiger partial charge in [-0.2, -0.15) is 0 Å². The maximum Gasteiger partial charge on any atom is 0.408 e. The molecule has 0 saturated carbocycles. The number of rotatable bonds is 7. The van der Waals surface area contributed by atoms with Gasteiger partial charge in [-0.1, -0.05) is 6.07 Å². The lowest BCUT2D eigenvalue weighted by Crippen LogP contribution is -2.54. The van der Waals surface area contributed by atoms with Gasteiger partial charge in [0.1, 0.15) is 5.60 Å². The fourth-order valence-electron chi connectivity index (χ4n) is 2.26. The van der Waals surface area contributed by atoms with Crippen LogP contribution in [0.1, 0.15) is 47.1 Å². The van der Waals surface area contributed by atoms with E-state index < -0.39 is 23.1 Å². The second-order valence-electron chi connectivity index (χ2n) is 7.99. The number of benzene rings is 1. The van der Waals surface area contributed by atoms with E-state index in [4.69, 9.17) is 9.47 Å². The molecule has 166 valence electrons. The molecule has 9 heteroatoms. The van der Waals surface area contributed by atoms with E-state index in [1.54, 1.807) is 19.2 Å². The van der Waals surface area contributed by atoms with Crippen molar-refractivity contribution in [2.24, 2.45) is 4.99 Å². The Morgan fingerprint density at radius 2 is 1.83 bits per heavy atom. The van der Waals surface area contributed by atoms with Crippen LogP contribution in [0.15, 0.2) is 23.2 Å². The highest BCUT2D eigenvalue weighted by atomic mass is 127. The summed E-state index contributed by atoms with van der Waals surface area (Å²) < 4.78 is 24.4. The van der Waals surface area contributed by atoms with Gasteiger partial charge < -0.3 is 25.4 Å². The van der Waals surface area contributed by atoms with E-state index in [2.05, 4.69) is 20.9 Å². The van der Waals surface area contributed by atoms with Gasteiger partial charge in [0.25, 0.3) is 0 Å². The molecule has 0 spiro atoms. The zero-order chi connectivity index (χ0) is 21.4. The highest BCUT2D eigenvalue weighted by molar-refractivity contribution is 14.0. The average molecular weight is 524 g/mol. The molecule has 7 nitrogen and oxygen atoms in total. The molecule has 0 saturated heterocycles. The first-order valence-corrected chi connectivity index (χ1v) is 9.32. The monoisotopic (exact) mass is 524 g/mol. The van der Waals surface area contributed by atoms with Crippen molar-refractivity contribution in [3.63, 3.8) is 0 Å². The summed E-state index contributed by atoms with van der Waals surface area (Å²) in [6.07, 6.45) is -0.480. The van der Waals surface area contributed by atoms with Crippen molar-refractivity contribution in [2.45, 2.75) is 59.2 Å². The third-order valence-corrected chi connectivity index (χ3v) is 3.52. The third-order valence-electron chi connectivity index (χ3n) is 3.52. The van der Waals surface area contributed by atoms with Gasteiger partial charge in [-0.25, -0.2) is 9.18 Å². The molecule has 0 aliphatic heterocycles. The van der Waals surface area contributed by atoms with E-state index >= 15 is 0 Å². The fourth-order valence-corrected chi connectivity index (χ4v) is 2.26. The molecule has 0 heterocycles. The Morgan fingerprint density at radius 1 is 1.17 bits per heavy atom. The van der Waals surface area contributed by atoms with E-state index in [1.165, 1.54) is 6.07 Å². The normalized spacial score (nSPS) is 11.9. The Hall–Kier alpha value is -1.78. The number of amides is 1. The molecule has 1 amide bonds. The van der Waals surface area contributed by atoms with Crippen molar-refractivity contribution in [1.82, 2.24) is 16.0 Å². The first-order chi connectivity index (χ1) is 13.0. The topological polar surface area (TPSA) is 84.0 Å². The number of alkyl carbamates (subject to hydrolysis) is 1. The molecule has 1 aromatic rings. The van der Waals surface area contributed by atoms with Crippen LogP contribution in [0.25, 0.3) is 0 Å². The second kappa shape index (κ2) is 12.0. The molecular weight excluding hydrogens is 490 g/mol. The van der Waals surface area contributed by atoms with Gasteiger partial charge in [0.2, 0.25) is 0 Å². The first kappa shape index (κ1) is 27.2. The summed E-state index contributed by atoms with van der Waals surface area (Å²) in [4.78, 5) is 16.1. The van der Waals surface area contributed by atoms with Crippen LogP contribution >= 0.6 is 24.0 Å². The van der Waals surface area contributed by atoms with Crippen LogP contribution < -0.4 is 20.7 Å². The molecule has 0 atom stereocenters. The number of carbonyl (C=O) groups is 1. The molecule has 29 heavy (non-hydrogen) atoms. The van der Waals surface area contributed by atoms with Gasteiger partial charge >= 0.3 is 6.09 Å². The minimum atomic E-state index is -0.564. The molecule has 0 radical (unpaired) electrons. The summed E-state index contributed by atoms with van der Waals surface area (Å²) in [6.45, 7) is 12.2. The van der Waals surface area contributed by atoms with Gasteiger partial charge in [0.15, 0.2) is 17.5 Å². The van der Waals surface area contributed by atoms with E-state index in [1.807, 2.05) is 41.5 Å². The number of nitrogens with zero attached hydrogens (tertiary/aromatic N) is 1. The Kier molecular flexibility index (Phi) is 11.3. The van der Waals surface area contributed by atoms with Gasteiger partial charge in [-0.3, -0.25) is 4.99 Å². The van der Waals surface area contributed by atoms with Gasteiger partial charge in [-0.05, 0) is 59.2 Å². The van der Waals surface area contributed by atoms with Crippen LogP contribution in [-0.4, -0.2) is 43.4 Å². The molecule has 1 aromatic carbocycles. The summed E-state index contributed by atoms with van der Waals surface area (Å²) in [5, 5.41) is 9.08. The van der Waals surface area contributed by atoms with Gasteiger partial charge in [0.05, 0.1) is 12.1 Å². The molecule has 0 aliphatic carbocycles. The lowest BCUT2D eigenvalue weighted by atomic mass is 10.1. The largest absolute Gasteiger partial charge is 0.491 e. The van der Waals surface area contributed by atoms with E-state index in [0.717, 1.165) is 5.56 Å². The molecular formula is C20H34FIN4O3. The number of hydrogen-bond acceptors (Lipinski definition) is 4. The minimum Gasteiger partial charge on any atom is -0.491 e. The maximum absolute atomic E-state index is 13.9. The Morgan fingerprint density at radius 3 is 2.34 bits per heavy atom. The van der Waals surface area contributed by atoms with Crippen LogP contribution in [0.3, 0.4) is 0 Å². The lowest BCUT2D eigenvalue weighted by Gasteiger charge is -2.29. The molecule has 0 bridgehead atoms. The van der Waals surface area contributed by atoms with Crippen molar-refractivity contribution >= 4 is 36.0 Å². The van der Waals surface area contributed by atoms with Crippen molar-refractivity contribution in [3.8, 4) is 5.75 Å². The Balaban J connectivity index is 0.00000784. The molecule has 0 fully saturated rings. The van der Waals surface area contributed by atoms with Crippen molar-refractivity contribution in [1.29, 1.82) is 0 Å². The summed E-state index contributed by atoms with van der Waals surface area (Å²) in [7, 11) is 1.64. The highest BCUT2D eigenvalue weighted by Crippen LogP contribution is 2.18. The standard InChI is InChI=1S/C20H33FN4O3.HI/c1-8-27-16-10-9-14(11-15(16)21)12-23-17(22-7)24-13-20(5,6)25-18(26)28-19(2,3)4;/h9-11H,8,12-13H2,1-7H3,(H,25,26)(H2,22,23,24);1H. The van der Waals surface area contributed by atoms with Crippen LogP contribution in [0.5, 0.6) is 5.75 Å². The van der Waals surface area contributed by atoms with Crippen LogP contribution in [0.4, 0.5) is 9.18 Å². The Labute approximate surface area is 190 Å². The highest BCUT2D eigenvalue weighted by Gasteiger charge is 2.24. The number of ether oxygens (including phenoxy) is 2. The minimum absolute atomic E-state index is 0. The lowest BCUT2D eigenvalue weighted by molar-refractivity contribution is 0.0474. The molecule has 0 unspecified atom stereocenters. The Bertz CT molecular complexity index is 691. The number of hydrogen-bond donors (Lipinski definition) is 3. The summed E-state index contributed by atoms with van der Waals surface area (Å²) in [5.41, 5.74) is -0.362. The fraction of sp³-hybridized carbons (Fsp3) is 0.600. The van der Waals surface area contributed by atoms with Gasteiger partial charge in [-0.15, -0.1) is 24.0 Å². The van der Waals surface area contributed by atoms with Crippen molar-refractivity contribution < 1.29 is 18.7 Å². The van der Waals surface area contributed by atoms with Crippen LogP contribution in [0.2, 0.25) is 0 Å². The predicted molar refractivity (Wildman–Crippen MR) is 125 cm³/mol. The number of nitrogens with one attached hydrogen (secondary N) is 3. The molecule has 0 aromatic heterocycles. The molecule has 3 N–H and O–H groups in total. The second-order valence-corrected chi connectivity index (χ2v) is 7.99. The van der Waals surface area contributed by atoms with E-state index in [-0.39, 0.29) is 29.7 Å². The number of aliphatic imine (C=N–C) groups is 1. The SMILES string of the molecule is CCOc1ccc(CNC(=NC)NCC(C)(C)NC(=O)OC(C)(C)C)cc1F.I. The summed E-state index contributed by atoms with van der Waals surface area (Å²) in [5.74, 6) is 0.379. The van der Waals surface area contributed by atoms with Gasteiger partial charge in [0, 0.05) is 20.1 Å². The molecule has 1 rings (SSSR count). The van der Waals surface area contributed by atoms with Crippen LogP contribution in [-0.2, 0) is 11.3 Å². The smallest absolute Gasteiger partial charge is 0.408 e. The van der Waals surface area contributed by atoms with E-state index in [0.29, 0.717) is 25.7 Å². The van der Waals surface area contributed by atoms with E-state index in [9.17, 15) is 9.18 Å².